The minimum Gasteiger partial charge on any atom is -0.476 e. The van der Waals surface area contributed by atoms with E-state index >= 15 is 0 Å². The zero-order chi connectivity index (χ0) is 14.2. The van der Waals surface area contributed by atoms with E-state index in [0.717, 1.165) is 12.1 Å². The van der Waals surface area contributed by atoms with E-state index in [1.54, 1.807) is 0 Å². The Balaban J connectivity index is 2.97. The molecule has 0 unspecified atom stereocenters. The van der Waals surface area contributed by atoms with Gasteiger partial charge in [0.05, 0.1) is 11.3 Å². The fraction of sp³-hybridized carbons (Fsp3) is 0.182. The van der Waals surface area contributed by atoms with E-state index in [2.05, 4.69) is 10.2 Å². The van der Waals surface area contributed by atoms with Crippen LogP contribution in [0, 0.1) is 5.82 Å². The number of nitrogens with zero attached hydrogens (tertiary/aromatic N) is 2. The number of aromatic nitrogens is 2. The van der Waals surface area contributed by atoms with Crippen LogP contribution in [0.4, 0.5) is 4.39 Å². The predicted molar refractivity (Wildman–Crippen MR) is 64.2 cm³/mol. The summed E-state index contributed by atoms with van der Waals surface area (Å²) in [5.74, 6) is -2.39. The highest BCUT2D eigenvalue weighted by atomic mass is 32.2. The molecule has 0 aliphatic rings. The van der Waals surface area contributed by atoms with Crippen molar-refractivity contribution in [3.63, 3.8) is 0 Å². The van der Waals surface area contributed by atoms with Crippen LogP contribution in [0.5, 0.6) is 0 Å². The van der Waals surface area contributed by atoms with Gasteiger partial charge in [0.2, 0.25) is 0 Å². The van der Waals surface area contributed by atoms with E-state index in [-0.39, 0.29) is 16.7 Å². The lowest BCUT2D eigenvalue weighted by Crippen LogP contribution is -2.14. The van der Waals surface area contributed by atoms with E-state index in [1.165, 1.54) is 13.0 Å². The molecule has 6 nitrogen and oxygen atoms in total. The number of fused-ring (bicyclic) bond motifs is 1. The maximum absolute atomic E-state index is 13.1. The molecule has 0 bridgehead atoms. The van der Waals surface area contributed by atoms with Gasteiger partial charge in [-0.3, -0.25) is 0 Å². The quantitative estimate of drug-likeness (QED) is 0.911. The molecule has 1 aromatic heterocycles. The van der Waals surface area contributed by atoms with Crippen molar-refractivity contribution in [2.24, 2.45) is 0 Å². The summed E-state index contributed by atoms with van der Waals surface area (Å²) in [6.45, 7) is 1.39. The molecule has 19 heavy (non-hydrogen) atoms. The molecule has 0 spiro atoms. The number of hydrogen-bond acceptors (Lipinski definition) is 5. The third-order valence-corrected chi connectivity index (χ3v) is 4.37. The summed E-state index contributed by atoms with van der Waals surface area (Å²) in [4.78, 5) is 10.6. The highest BCUT2D eigenvalue weighted by molar-refractivity contribution is 7.91. The Morgan fingerprint density at radius 1 is 1.37 bits per heavy atom. The lowest BCUT2D eigenvalue weighted by molar-refractivity contribution is 0.0685. The fourth-order valence-electron chi connectivity index (χ4n) is 1.66. The van der Waals surface area contributed by atoms with Gasteiger partial charge in [-0.2, -0.15) is 0 Å². The molecule has 0 aliphatic heterocycles. The number of carbonyl (C=O) groups is 1. The second kappa shape index (κ2) is 4.54. The monoisotopic (exact) mass is 284 g/mol. The first kappa shape index (κ1) is 13.3. The largest absolute Gasteiger partial charge is 0.476 e. The Kier molecular flexibility index (Phi) is 3.19. The maximum Gasteiger partial charge on any atom is 0.357 e. The summed E-state index contributed by atoms with van der Waals surface area (Å²) in [7, 11) is -3.82. The van der Waals surface area contributed by atoms with Crippen molar-refractivity contribution in [3.05, 3.63) is 29.7 Å². The van der Waals surface area contributed by atoms with Crippen molar-refractivity contribution in [2.75, 3.05) is 5.75 Å². The van der Waals surface area contributed by atoms with Crippen molar-refractivity contribution >= 4 is 26.7 Å². The van der Waals surface area contributed by atoms with Crippen molar-refractivity contribution in [1.29, 1.82) is 0 Å². The highest BCUT2D eigenvalue weighted by Crippen LogP contribution is 2.25. The zero-order valence-electron chi connectivity index (χ0n) is 9.79. The third-order valence-electron chi connectivity index (χ3n) is 2.57. The average molecular weight is 284 g/mol. The number of carboxylic acids is 1. The SMILES string of the molecule is CCS(=O)(=O)c1c(C(=O)O)nnc2cc(F)ccc12. The molecule has 0 atom stereocenters. The van der Waals surface area contributed by atoms with Crippen LogP contribution in [-0.2, 0) is 9.84 Å². The summed E-state index contributed by atoms with van der Waals surface area (Å²) < 4.78 is 37.1. The van der Waals surface area contributed by atoms with Crippen molar-refractivity contribution < 1.29 is 22.7 Å². The van der Waals surface area contributed by atoms with E-state index in [9.17, 15) is 17.6 Å². The number of sulfone groups is 1. The van der Waals surface area contributed by atoms with Crippen LogP contribution in [0.2, 0.25) is 0 Å². The molecule has 1 aromatic carbocycles. The van der Waals surface area contributed by atoms with Gasteiger partial charge >= 0.3 is 5.97 Å². The Hall–Kier alpha value is -2.09. The molecule has 8 heteroatoms. The first-order valence-electron chi connectivity index (χ1n) is 5.29. The van der Waals surface area contributed by atoms with Crippen LogP contribution >= 0.6 is 0 Å². The van der Waals surface area contributed by atoms with Gasteiger partial charge in [0.15, 0.2) is 15.5 Å². The molecule has 0 radical (unpaired) electrons. The summed E-state index contributed by atoms with van der Waals surface area (Å²) >= 11 is 0. The highest BCUT2D eigenvalue weighted by Gasteiger charge is 2.26. The minimum atomic E-state index is -3.82. The number of halogens is 1. The Bertz CT molecular complexity index is 774. The summed E-state index contributed by atoms with van der Waals surface area (Å²) in [6, 6.07) is 3.24. The van der Waals surface area contributed by atoms with Gasteiger partial charge < -0.3 is 5.11 Å². The molecule has 0 saturated carbocycles. The standard InChI is InChI=1S/C11H9FN2O4S/c1-2-19(17,18)10-7-4-3-6(12)5-8(7)13-14-9(10)11(15)16/h3-5H,2H2,1H3,(H,15,16). The number of hydrogen-bond donors (Lipinski definition) is 1. The Morgan fingerprint density at radius 2 is 2.05 bits per heavy atom. The molecule has 0 fully saturated rings. The van der Waals surface area contributed by atoms with Gasteiger partial charge in [-0.25, -0.2) is 17.6 Å². The van der Waals surface area contributed by atoms with Gasteiger partial charge in [-0.15, -0.1) is 10.2 Å². The van der Waals surface area contributed by atoms with Crippen LogP contribution in [-0.4, -0.2) is 35.4 Å². The van der Waals surface area contributed by atoms with Crippen molar-refractivity contribution in [2.45, 2.75) is 11.8 Å². The van der Waals surface area contributed by atoms with E-state index in [0.29, 0.717) is 0 Å². The molecule has 0 amide bonds. The average Bonchev–Trinajstić information content (AvgIpc) is 2.36. The van der Waals surface area contributed by atoms with E-state index in [1.807, 2.05) is 0 Å². The smallest absolute Gasteiger partial charge is 0.357 e. The van der Waals surface area contributed by atoms with Crippen LogP contribution in [0.15, 0.2) is 23.1 Å². The summed E-state index contributed by atoms with van der Waals surface area (Å²) in [5, 5.41) is 16.0. The van der Waals surface area contributed by atoms with Gasteiger partial charge in [0.25, 0.3) is 0 Å². The molecular weight excluding hydrogens is 275 g/mol. The lowest BCUT2D eigenvalue weighted by Gasteiger charge is -2.08. The normalized spacial score (nSPS) is 11.7. The second-order valence-electron chi connectivity index (χ2n) is 3.75. The Morgan fingerprint density at radius 3 is 2.63 bits per heavy atom. The fourth-order valence-corrected chi connectivity index (χ4v) is 2.87. The second-order valence-corrected chi connectivity index (χ2v) is 5.96. The summed E-state index contributed by atoms with van der Waals surface area (Å²) in [5.41, 5.74) is -0.655. The van der Waals surface area contributed by atoms with Crippen molar-refractivity contribution in [3.8, 4) is 0 Å². The first-order chi connectivity index (χ1) is 8.86. The molecule has 2 rings (SSSR count). The number of benzene rings is 1. The molecule has 2 aromatic rings. The molecule has 0 saturated heterocycles. The number of rotatable bonds is 3. The van der Waals surface area contributed by atoms with Gasteiger partial charge in [-0.1, -0.05) is 6.92 Å². The maximum atomic E-state index is 13.1. The van der Waals surface area contributed by atoms with Crippen molar-refractivity contribution in [1.82, 2.24) is 10.2 Å². The van der Waals surface area contributed by atoms with E-state index in [4.69, 9.17) is 5.11 Å². The topological polar surface area (TPSA) is 97.2 Å². The Labute approximate surface area is 107 Å². The third kappa shape index (κ3) is 2.26. The lowest BCUT2D eigenvalue weighted by atomic mass is 10.2. The zero-order valence-corrected chi connectivity index (χ0v) is 10.6. The van der Waals surface area contributed by atoms with Crippen LogP contribution in [0.25, 0.3) is 10.9 Å². The molecule has 1 heterocycles. The molecule has 0 aliphatic carbocycles. The molecular formula is C11H9FN2O4S. The van der Waals surface area contributed by atoms with E-state index < -0.39 is 32.2 Å². The van der Waals surface area contributed by atoms with Crippen LogP contribution < -0.4 is 0 Å². The minimum absolute atomic E-state index is 0.00275. The van der Waals surface area contributed by atoms with Gasteiger partial charge in [-0.05, 0) is 12.1 Å². The van der Waals surface area contributed by atoms with Crippen LogP contribution in [0.3, 0.4) is 0 Å². The van der Waals surface area contributed by atoms with Crippen LogP contribution in [0.1, 0.15) is 17.4 Å². The van der Waals surface area contributed by atoms with Gasteiger partial charge in [0.1, 0.15) is 10.7 Å². The molecule has 1 N–H and O–H groups in total. The number of carboxylic acid groups (broad SMARTS) is 1. The summed E-state index contributed by atoms with van der Waals surface area (Å²) in [6.07, 6.45) is 0. The predicted octanol–water partition coefficient (Wildman–Crippen LogP) is 1.26. The number of aromatic carboxylic acids is 1. The molecule has 100 valence electrons. The van der Waals surface area contributed by atoms with Gasteiger partial charge in [0, 0.05) is 11.5 Å². The first-order valence-corrected chi connectivity index (χ1v) is 6.94.